The van der Waals surface area contributed by atoms with Crippen LogP contribution in [0.5, 0.6) is 0 Å². The fourth-order valence-electron chi connectivity index (χ4n) is 0.992. The molecule has 0 radical (unpaired) electrons. The first-order chi connectivity index (χ1) is 7.40. The van der Waals surface area contributed by atoms with E-state index in [1.54, 1.807) is 7.05 Å². The second kappa shape index (κ2) is 7.63. The summed E-state index contributed by atoms with van der Waals surface area (Å²) >= 11 is 0. The smallest absolute Gasteiger partial charge is 0.239 e. The second-order valence-electron chi connectivity index (χ2n) is 4.93. The number of nitrogens with one attached hydrogen (secondary N) is 2. The highest BCUT2D eigenvalue weighted by atomic mass is 16.5. The average molecular weight is 230 g/mol. The molecule has 2 N–H and O–H groups in total. The van der Waals surface area contributed by atoms with Crippen molar-refractivity contribution in [3.63, 3.8) is 0 Å². The summed E-state index contributed by atoms with van der Waals surface area (Å²) < 4.78 is 5.41. The molecule has 0 bridgehead atoms. The van der Waals surface area contributed by atoms with Crippen molar-refractivity contribution in [3.8, 4) is 0 Å². The molecular weight excluding hydrogens is 204 g/mol. The summed E-state index contributed by atoms with van der Waals surface area (Å²) in [5, 5.41) is 5.79. The van der Waals surface area contributed by atoms with E-state index < -0.39 is 5.54 Å². The lowest BCUT2D eigenvalue weighted by atomic mass is 10.1. The number of carbonyl (C=O) groups excluding carboxylic acids is 1. The van der Waals surface area contributed by atoms with Crippen LogP contribution in [0.25, 0.3) is 0 Å². The van der Waals surface area contributed by atoms with Gasteiger partial charge in [0.2, 0.25) is 5.91 Å². The van der Waals surface area contributed by atoms with Crippen LogP contribution in [0.15, 0.2) is 0 Å². The summed E-state index contributed by atoms with van der Waals surface area (Å²) in [5.74, 6) is 0.667. The van der Waals surface area contributed by atoms with Gasteiger partial charge in [0.25, 0.3) is 0 Å². The standard InChI is InChI=1S/C12H26N2O2/c1-10(2)6-8-16-9-7-14-11(15)12(3,4)13-5/h10,13H,6-9H2,1-5H3,(H,14,15). The van der Waals surface area contributed by atoms with E-state index in [1.807, 2.05) is 13.8 Å². The van der Waals surface area contributed by atoms with Crippen molar-refractivity contribution in [2.75, 3.05) is 26.8 Å². The van der Waals surface area contributed by atoms with Crippen LogP contribution in [0.1, 0.15) is 34.1 Å². The zero-order valence-electron chi connectivity index (χ0n) is 11.2. The van der Waals surface area contributed by atoms with Crippen LogP contribution in [0.3, 0.4) is 0 Å². The Labute approximate surface area is 99.1 Å². The van der Waals surface area contributed by atoms with E-state index in [0.717, 1.165) is 13.0 Å². The molecule has 0 heterocycles. The third-order valence-corrected chi connectivity index (χ3v) is 2.56. The van der Waals surface area contributed by atoms with E-state index in [4.69, 9.17) is 4.74 Å². The maximum atomic E-state index is 11.6. The fraction of sp³-hybridized carbons (Fsp3) is 0.917. The second-order valence-corrected chi connectivity index (χ2v) is 4.93. The van der Waals surface area contributed by atoms with Crippen molar-refractivity contribution in [2.45, 2.75) is 39.7 Å². The maximum Gasteiger partial charge on any atom is 0.239 e. The van der Waals surface area contributed by atoms with Gasteiger partial charge in [0, 0.05) is 13.2 Å². The molecule has 0 aliphatic rings. The number of rotatable bonds is 8. The molecule has 0 unspecified atom stereocenters. The third kappa shape index (κ3) is 6.80. The molecule has 16 heavy (non-hydrogen) atoms. The van der Waals surface area contributed by atoms with Crippen LogP contribution in [0.4, 0.5) is 0 Å². The van der Waals surface area contributed by atoms with Gasteiger partial charge in [0.15, 0.2) is 0 Å². The van der Waals surface area contributed by atoms with Crippen molar-refractivity contribution in [2.24, 2.45) is 5.92 Å². The van der Waals surface area contributed by atoms with Crippen molar-refractivity contribution in [3.05, 3.63) is 0 Å². The Balaban J connectivity index is 3.49. The van der Waals surface area contributed by atoms with Gasteiger partial charge in [0.1, 0.15) is 0 Å². The molecule has 0 aromatic heterocycles. The summed E-state index contributed by atoms with van der Waals surface area (Å²) in [7, 11) is 1.78. The van der Waals surface area contributed by atoms with Crippen LogP contribution in [-0.2, 0) is 9.53 Å². The van der Waals surface area contributed by atoms with E-state index in [-0.39, 0.29) is 5.91 Å². The molecule has 0 spiro atoms. The van der Waals surface area contributed by atoms with Crippen molar-refractivity contribution < 1.29 is 9.53 Å². The summed E-state index contributed by atoms with van der Waals surface area (Å²) in [5.41, 5.74) is -0.516. The number of hydrogen-bond donors (Lipinski definition) is 2. The third-order valence-electron chi connectivity index (χ3n) is 2.56. The number of carbonyl (C=O) groups is 1. The lowest BCUT2D eigenvalue weighted by molar-refractivity contribution is -0.126. The van der Waals surface area contributed by atoms with E-state index in [0.29, 0.717) is 19.1 Å². The van der Waals surface area contributed by atoms with Gasteiger partial charge in [0.05, 0.1) is 12.1 Å². The van der Waals surface area contributed by atoms with E-state index in [2.05, 4.69) is 24.5 Å². The highest BCUT2D eigenvalue weighted by molar-refractivity contribution is 5.85. The lowest BCUT2D eigenvalue weighted by Crippen LogP contribution is -2.51. The van der Waals surface area contributed by atoms with Gasteiger partial charge in [-0.25, -0.2) is 0 Å². The van der Waals surface area contributed by atoms with Gasteiger partial charge in [-0.1, -0.05) is 13.8 Å². The van der Waals surface area contributed by atoms with Gasteiger partial charge < -0.3 is 15.4 Å². The quantitative estimate of drug-likeness (QED) is 0.615. The Hall–Kier alpha value is -0.610. The summed E-state index contributed by atoms with van der Waals surface area (Å²) in [6.07, 6.45) is 1.07. The van der Waals surface area contributed by atoms with Crippen LogP contribution >= 0.6 is 0 Å². The topological polar surface area (TPSA) is 50.4 Å². The van der Waals surface area contributed by atoms with Gasteiger partial charge in [-0.15, -0.1) is 0 Å². The number of likely N-dealkylation sites (N-methyl/N-ethyl adjacent to an activating group) is 1. The summed E-state index contributed by atoms with van der Waals surface area (Å²) in [4.78, 5) is 11.6. The van der Waals surface area contributed by atoms with Gasteiger partial charge in [-0.2, -0.15) is 0 Å². The molecule has 0 atom stereocenters. The molecule has 0 aromatic carbocycles. The number of ether oxygens (including phenoxy) is 1. The Morgan fingerprint density at radius 2 is 1.94 bits per heavy atom. The molecule has 0 saturated heterocycles. The van der Waals surface area contributed by atoms with Crippen molar-refractivity contribution in [1.82, 2.24) is 10.6 Å². The first kappa shape index (κ1) is 15.4. The van der Waals surface area contributed by atoms with Crippen molar-refractivity contribution >= 4 is 5.91 Å². The predicted molar refractivity (Wildman–Crippen MR) is 66.4 cm³/mol. The Morgan fingerprint density at radius 3 is 2.44 bits per heavy atom. The molecule has 0 fully saturated rings. The monoisotopic (exact) mass is 230 g/mol. The van der Waals surface area contributed by atoms with Gasteiger partial charge in [-0.05, 0) is 33.2 Å². The van der Waals surface area contributed by atoms with E-state index in [1.165, 1.54) is 0 Å². The molecule has 0 saturated carbocycles. The summed E-state index contributed by atoms with van der Waals surface area (Å²) in [6, 6.07) is 0. The number of amides is 1. The molecule has 4 heteroatoms. The molecule has 0 aliphatic carbocycles. The van der Waals surface area contributed by atoms with Gasteiger partial charge in [-0.3, -0.25) is 4.79 Å². The molecule has 96 valence electrons. The molecule has 1 amide bonds. The first-order valence-corrected chi connectivity index (χ1v) is 5.95. The van der Waals surface area contributed by atoms with Crippen LogP contribution in [0, 0.1) is 5.92 Å². The molecule has 0 rings (SSSR count). The molecule has 0 aromatic rings. The highest BCUT2D eigenvalue weighted by Crippen LogP contribution is 2.00. The minimum absolute atomic E-state index is 0.00228. The van der Waals surface area contributed by atoms with Crippen LogP contribution in [0.2, 0.25) is 0 Å². The minimum Gasteiger partial charge on any atom is -0.380 e. The SMILES string of the molecule is CNC(C)(C)C(=O)NCCOCCC(C)C. The number of hydrogen-bond acceptors (Lipinski definition) is 3. The van der Waals surface area contributed by atoms with Crippen LogP contribution < -0.4 is 10.6 Å². The van der Waals surface area contributed by atoms with E-state index >= 15 is 0 Å². The van der Waals surface area contributed by atoms with Crippen LogP contribution in [-0.4, -0.2) is 38.3 Å². The Morgan fingerprint density at radius 1 is 1.31 bits per heavy atom. The Bertz CT molecular complexity index is 203. The first-order valence-electron chi connectivity index (χ1n) is 5.95. The zero-order valence-corrected chi connectivity index (χ0v) is 11.2. The average Bonchev–Trinajstić information content (AvgIpc) is 2.22. The van der Waals surface area contributed by atoms with E-state index in [9.17, 15) is 4.79 Å². The highest BCUT2D eigenvalue weighted by Gasteiger charge is 2.24. The maximum absolute atomic E-state index is 11.6. The molecule has 4 nitrogen and oxygen atoms in total. The molecule has 0 aliphatic heterocycles. The zero-order chi connectivity index (χ0) is 12.6. The Kier molecular flexibility index (Phi) is 7.34. The fourth-order valence-corrected chi connectivity index (χ4v) is 0.992. The summed E-state index contributed by atoms with van der Waals surface area (Å²) in [6.45, 7) is 9.95. The lowest BCUT2D eigenvalue weighted by Gasteiger charge is -2.22. The minimum atomic E-state index is -0.516. The largest absolute Gasteiger partial charge is 0.380 e. The molecular formula is C12H26N2O2. The van der Waals surface area contributed by atoms with Crippen molar-refractivity contribution in [1.29, 1.82) is 0 Å². The predicted octanol–water partition coefficient (Wildman–Crippen LogP) is 1.16. The van der Waals surface area contributed by atoms with Gasteiger partial charge >= 0.3 is 0 Å². The normalized spacial score (nSPS) is 11.9.